The molecule has 0 spiro atoms. The summed E-state index contributed by atoms with van der Waals surface area (Å²) in [6, 6.07) is 3.89. The molecule has 2 rings (SSSR count). The number of hydrogen-bond donors (Lipinski definition) is 3. The molecule has 6 heteroatoms. The van der Waals surface area contributed by atoms with Gasteiger partial charge in [-0.1, -0.05) is 0 Å². The number of nitrogens with one attached hydrogen (secondary N) is 1. The number of likely N-dealkylation sites (N-methyl/N-ethyl adjacent to an activating group) is 1. The summed E-state index contributed by atoms with van der Waals surface area (Å²) in [6.45, 7) is 3.24. The van der Waals surface area contributed by atoms with Crippen molar-refractivity contribution in [2.24, 2.45) is 0 Å². The zero-order valence-corrected chi connectivity index (χ0v) is 10.3. The number of benzene rings is 1. The second kappa shape index (κ2) is 5.24. The van der Waals surface area contributed by atoms with E-state index in [1.54, 1.807) is 0 Å². The lowest BCUT2D eigenvalue weighted by molar-refractivity contribution is 0.0660. The van der Waals surface area contributed by atoms with Gasteiger partial charge in [-0.15, -0.1) is 0 Å². The van der Waals surface area contributed by atoms with Crippen LogP contribution in [0.3, 0.4) is 0 Å². The first kappa shape index (κ1) is 12.7. The third kappa shape index (κ3) is 2.91. The van der Waals surface area contributed by atoms with Gasteiger partial charge >= 0.3 is 0 Å². The Morgan fingerprint density at radius 2 is 1.89 bits per heavy atom. The molecular weight excluding hydrogens is 234 g/mol. The van der Waals surface area contributed by atoms with Crippen molar-refractivity contribution in [3.05, 3.63) is 23.8 Å². The minimum absolute atomic E-state index is 0.0451. The van der Waals surface area contributed by atoms with Crippen LogP contribution < -0.4 is 5.43 Å². The van der Waals surface area contributed by atoms with Crippen LogP contribution in [0.15, 0.2) is 18.2 Å². The molecule has 1 amide bonds. The van der Waals surface area contributed by atoms with E-state index >= 15 is 0 Å². The highest BCUT2D eigenvalue weighted by Crippen LogP contribution is 2.21. The van der Waals surface area contributed by atoms with Crippen molar-refractivity contribution in [1.29, 1.82) is 0 Å². The van der Waals surface area contributed by atoms with E-state index in [9.17, 15) is 15.0 Å². The fourth-order valence-electron chi connectivity index (χ4n) is 1.83. The SMILES string of the molecule is CN1CCN(NC(=O)c2cc(O)ccc2O)CC1. The Balaban J connectivity index is 2.01. The predicted molar refractivity (Wildman–Crippen MR) is 66.3 cm³/mol. The van der Waals surface area contributed by atoms with E-state index in [1.807, 2.05) is 12.1 Å². The summed E-state index contributed by atoms with van der Waals surface area (Å²) in [4.78, 5) is 14.1. The normalized spacial score (nSPS) is 17.6. The zero-order chi connectivity index (χ0) is 13.1. The van der Waals surface area contributed by atoms with Gasteiger partial charge in [0.2, 0.25) is 0 Å². The topological polar surface area (TPSA) is 76.0 Å². The van der Waals surface area contributed by atoms with Crippen molar-refractivity contribution in [3.63, 3.8) is 0 Å². The molecule has 0 bridgehead atoms. The van der Waals surface area contributed by atoms with Gasteiger partial charge in [0.15, 0.2) is 0 Å². The molecule has 1 aliphatic heterocycles. The van der Waals surface area contributed by atoms with E-state index in [4.69, 9.17) is 0 Å². The van der Waals surface area contributed by atoms with Gasteiger partial charge in [-0.05, 0) is 25.2 Å². The van der Waals surface area contributed by atoms with Crippen molar-refractivity contribution in [1.82, 2.24) is 15.3 Å². The standard InChI is InChI=1S/C12H17N3O3/c1-14-4-6-15(7-5-14)13-12(18)10-8-9(16)2-3-11(10)17/h2-3,8,16-17H,4-7H2,1H3,(H,13,18). The second-order valence-corrected chi connectivity index (χ2v) is 4.43. The van der Waals surface area contributed by atoms with Crippen molar-refractivity contribution >= 4 is 5.91 Å². The Morgan fingerprint density at radius 1 is 1.22 bits per heavy atom. The zero-order valence-electron chi connectivity index (χ0n) is 10.3. The van der Waals surface area contributed by atoms with Crippen LogP contribution in [-0.4, -0.2) is 59.3 Å². The van der Waals surface area contributed by atoms with Gasteiger partial charge < -0.3 is 15.1 Å². The van der Waals surface area contributed by atoms with Crippen molar-refractivity contribution in [3.8, 4) is 11.5 Å². The number of hydrogen-bond acceptors (Lipinski definition) is 5. The Hall–Kier alpha value is -1.79. The number of nitrogens with zero attached hydrogens (tertiary/aromatic N) is 2. The number of rotatable bonds is 2. The number of amides is 1. The van der Waals surface area contributed by atoms with E-state index in [2.05, 4.69) is 10.3 Å². The number of carbonyl (C=O) groups is 1. The molecule has 3 N–H and O–H groups in total. The van der Waals surface area contributed by atoms with Crippen LogP contribution >= 0.6 is 0 Å². The molecular formula is C12H17N3O3. The predicted octanol–water partition coefficient (Wildman–Crippen LogP) is -0.0100. The maximum atomic E-state index is 11.9. The van der Waals surface area contributed by atoms with Crippen molar-refractivity contribution in [2.45, 2.75) is 0 Å². The minimum Gasteiger partial charge on any atom is -0.508 e. The highest BCUT2D eigenvalue weighted by molar-refractivity contribution is 5.96. The number of hydrazine groups is 1. The van der Waals surface area contributed by atoms with Gasteiger partial charge in [0.25, 0.3) is 5.91 Å². The maximum Gasteiger partial charge on any atom is 0.269 e. The summed E-state index contributed by atoms with van der Waals surface area (Å²) in [6.07, 6.45) is 0. The molecule has 1 heterocycles. The molecule has 0 saturated carbocycles. The van der Waals surface area contributed by atoms with Gasteiger partial charge in [-0.25, -0.2) is 5.01 Å². The molecule has 1 aromatic carbocycles. The van der Waals surface area contributed by atoms with Crippen LogP contribution in [0.2, 0.25) is 0 Å². The van der Waals surface area contributed by atoms with Crippen LogP contribution in [0.1, 0.15) is 10.4 Å². The fraction of sp³-hybridized carbons (Fsp3) is 0.417. The fourth-order valence-corrected chi connectivity index (χ4v) is 1.83. The van der Waals surface area contributed by atoms with Gasteiger partial charge in [0.1, 0.15) is 11.5 Å². The lowest BCUT2D eigenvalue weighted by Crippen LogP contribution is -2.52. The van der Waals surface area contributed by atoms with Crippen LogP contribution in [0.4, 0.5) is 0 Å². The molecule has 1 aliphatic rings. The first-order valence-electron chi connectivity index (χ1n) is 5.83. The Morgan fingerprint density at radius 3 is 2.56 bits per heavy atom. The van der Waals surface area contributed by atoms with Crippen LogP contribution in [0, 0.1) is 0 Å². The summed E-state index contributed by atoms with van der Waals surface area (Å²) in [7, 11) is 2.03. The molecule has 0 unspecified atom stereocenters. The highest BCUT2D eigenvalue weighted by Gasteiger charge is 2.18. The smallest absolute Gasteiger partial charge is 0.269 e. The quantitative estimate of drug-likeness (QED) is 0.645. The Labute approximate surface area is 105 Å². The van der Waals surface area contributed by atoms with Crippen LogP contribution in [0.5, 0.6) is 11.5 Å². The van der Waals surface area contributed by atoms with E-state index < -0.39 is 5.91 Å². The molecule has 6 nitrogen and oxygen atoms in total. The largest absolute Gasteiger partial charge is 0.508 e. The van der Waals surface area contributed by atoms with Gasteiger partial charge in [0.05, 0.1) is 5.56 Å². The third-order valence-electron chi connectivity index (χ3n) is 2.99. The number of piperazine rings is 1. The lowest BCUT2D eigenvalue weighted by Gasteiger charge is -2.32. The summed E-state index contributed by atoms with van der Waals surface area (Å²) >= 11 is 0. The Kier molecular flexibility index (Phi) is 3.69. The molecule has 1 saturated heterocycles. The summed E-state index contributed by atoms with van der Waals surface area (Å²) < 4.78 is 0. The van der Waals surface area contributed by atoms with Gasteiger partial charge in [0, 0.05) is 26.2 Å². The molecule has 1 aromatic rings. The van der Waals surface area contributed by atoms with Crippen LogP contribution in [0.25, 0.3) is 0 Å². The van der Waals surface area contributed by atoms with Crippen molar-refractivity contribution < 1.29 is 15.0 Å². The average Bonchev–Trinajstić information content (AvgIpc) is 2.35. The summed E-state index contributed by atoms with van der Waals surface area (Å²) in [5.74, 6) is -0.594. The average molecular weight is 251 g/mol. The molecule has 18 heavy (non-hydrogen) atoms. The molecule has 0 aromatic heterocycles. The second-order valence-electron chi connectivity index (χ2n) is 4.43. The number of aromatic hydroxyl groups is 2. The highest BCUT2D eigenvalue weighted by atomic mass is 16.3. The molecule has 0 radical (unpaired) electrons. The third-order valence-corrected chi connectivity index (χ3v) is 2.99. The molecule has 0 aliphatic carbocycles. The number of phenolic OH excluding ortho intramolecular Hbond substituents is 2. The monoisotopic (exact) mass is 251 g/mol. The van der Waals surface area contributed by atoms with E-state index in [-0.39, 0.29) is 17.1 Å². The van der Waals surface area contributed by atoms with Gasteiger partial charge in [-0.2, -0.15) is 0 Å². The first-order chi connectivity index (χ1) is 8.56. The van der Waals surface area contributed by atoms with E-state index in [0.717, 1.165) is 26.2 Å². The number of phenols is 2. The van der Waals surface area contributed by atoms with Crippen LogP contribution in [-0.2, 0) is 0 Å². The minimum atomic E-state index is -0.409. The molecule has 98 valence electrons. The Bertz CT molecular complexity index is 442. The summed E-state index contributed by atoms with van der Waals surface area (Å²) in [5.41, 5.74) is 2.80. The lowest BCUT2D eigenvalue weighted by atomic mass is 10.2. The molecule has 0 atom stereocenters. The van der Waals surface area contributed by atoms with Gasteiger partial charge in [-0.3, -0.25) is 10.2 Å². The van der Waals surface area contributed by atoms with E-state index in [1.165, 1.54) is 18.2 Å². The van der Waals surface area contributed by atoms with Crippen molar-refractivity contribution in [2.75, 3.05) is 33.2 Å². The number of carbonyl (C=O) groups excluding carboxylic acids is 1. The first-order valence-corrected chi connectivity index (χ1v) is 5.83. The van der Waals surface area contributed by atoms with E-state index in [0.29, 0.717) is 0 Å². The maximum absolute atomic E-state index is 11.9. The summed E-state index contributed by atoms with van der Waals surface area (Å²) in [5, 5.41) is 20.7. The molecule has 1 fully saturated rings.